The third kappa shape index (κ3) is 1.79. The minimum absolute atomic E-state index is 0.0671. The molecule has 0 atom stereocenters. The quantitative estimate of drug-likeness (QED) is 0.216. The molecule has 0 fully saturated rings. The smallest absolute Gasteiger partial charge is 0.365 e. The Hall–Kier alpha value is -2.11. The number of nitrogens with zero attached hydrogens (tertiary/aromatic N) is 1. The Morgan fingerprint density at radius 2 is 2.29 bits per heavy atom. The summed E-state index contributed by atoms with van der Waals surface area (Å²) >= 11 is 0. The molecule has 0 aliphatic rings. The lowest BCUT2D eigenvalue weighted by atomic mass is 10.1. The summed E-state index contributed by atoms with van der Waals surface area (Å²) in [5, 5.41) is 29.3. The van der Waals surface area contributed by atoms with Gasteiger partial charge < -0.3 is 20.5 Å². The van der Waals surface area contributed by atoms with Gasteiger partial charge in [-0.15, -0.1) is 0 Å². The summed E-state index contributed by atoms with van der Waals surface area (Å²) in [4.78, 5) is 9.54. The van der Waals surface area contributed by atoms with Gasteiger partial charge in [0.05, 0.1) is 5.56 Å². The van der Waals surface area contributed by atoms with E-state index >= 15 is 0 Å². The van der Waals surface area contributed by atoms with Gasteiger partial charge in [0.2, 0.25) is 0 Å². The number of benzene rings is 1. The highest BCUT2D eigenvalue weighted by Crippen LogP contribution is 2.21. The summed E-state index contributed by atoms with van der Waals surface area (Å²) in [6, 6.07) is 4.04. The Morgan fingerprint density at radius 3 is 2.79 bits per heavy atom. The van der Waals surface area contributed by atoms with E-state index in [1.54, 1.807) is 7.05 Å². The Bertz CT molecular complexity index is 389. The molecule has 0 aliphatic heterocycles. The normalized spacial score (nSPS) is 9.50. The van der Waals surface area contributed by atoms with Gasteiger partial charge in [-0.3, -0.25) is 0 Å². The highest BCUT2D eigenvalue weighted by Gasteiger charge is 2.16. The molecule has 0 saturated carbocycles. The Kier molecular flexibility index (Phi) is 2.66. The Labute approximate surface area is 79.8 Å². The number of hydrogen-bond donors (Lipinski definition) is 3. The van der Waals surface area contributed by atoms with E-state index in [9.17, 15) is 10.1 Å². The molecule has 0 heterocycles. The number of amidine groups is 1. The summed E-state index contributed by atoms with van der Waals surface area (Å²) in [6.45, 7) is 0. The van der Waals surface area contributed by atoms with Crippen LogP contribution in [-0.2, 0) is 0 Å². The van der Waals surface area contributed by atoms with E-state index in [0.29, 0.717) is 5.69 Å². The van der Waals surface area contributed by atoms with Gasteiger partial charge in [-0.25, -0.2) is 0 Å². The van der Waals surface area contributed by atoms with E-state index < -0.39 is 10.8 Å². The summed E-state index contributed by atoms with van der Waals surface area (Å²) in [5.41, 5.74) is 0.502. The highest BCUT2D eigenvalue weighted by molar-refractivity contribution is 5.96. The topological polar surface area (TPSA) is 99.2 Å². The molecule has 0 saturated heterocycles. The maximum Gasteiger partial charge on any atom is 0.365 e. The molecule has 0 bridgehead atoms. The van der Waals surface area contributed by atoms with Crippen molar-refractivity contribution in [2.45, 2.75) is 0 Å². The molecule has 1 aromatic rings. The maximum absolute atomic E-state index is 10.4. The number of rotatable bonds is 2. The first-order valence-electron chi connectivity index (χ1n) is 3.80. The predicted molar refractivity (Wildman–Crippen MR) is 51.5 cm³/mol. The molecular weight excluding hydrogens is 186 g/mol. The second-order valence-electron chi connectivity index (χ2n) is 2.59. The molecule has 6 nitrogen and oxygen atoms in total. The number of phenolic OH excluding ortho intramolecular Hbond substituents is 1. The van der Waals surface area contributed by atoms with Crippen LogP contribution in [0.15, 0.2) is 18.2 Å². The van der Waals surface area contributed by atoms with Crippen molar-refractivity contribution in [1.82, 2.24) is 0 Å². The zero-order valence-corrected chi connectivity index (χ0v) is 7.44. The van der Waals surface area contributed by atoms with Gasteiger partial charge >= 0.3 is 5.84 Å². The van der Waals surface area contributed by atoms with Crippen LogP contribution in [-0.4, -0.2) is 22.9 Å². The summed E-state index contributed by atoms with van der Waals surface area (Å²) in [7, 11) is 1.59. The van der Waals surface area contributed by atoms with Gasteiger partial charge in [0.1, 0.15) is 5.75 Å². The minimum Gasteiger partial charge on any atom is -0.508 e. The van der Waals surface area contributed by atoms with Gasteiger partial charge in [0.25, 0.3) is 0 Å². The first kappa shape index (κ1) is 9.97. The largest absolute Gasteiger partial charge is 0.508 e. The highest BCUT2D eigenvalue weighted by atomic mass is 16.6. The third-order valence-electron chi connectivity index (χ3n) is 1.71. The fraction of sp³-hybridized carbons (Fsp3) is 0.125. The lowest BCUT2D eigenvalue weighted by Gasteiger charge is -2.05. The zero-order chi connectivity index (χ0) is 10.7. The van der Waals surface area contributed by atoms with Crippen molar-refractivity contribution in [3.05, 3.63) is 33.9 Å². The monoisotopic (exact) mass is 195 g/mol. The Morgan fingerprint density at radius 1 is 1.64 bits per heavy atom. The van der Waals surface area contributed by atoms with Crippen LogP contribution >= 0.6 is 0 Å². The van der Waals surface area contributed by atoms with E-state index in [4.69, 9.17) is 10.5 Å². The fourth-order valence-electron chi connectivity index (χ4n) is 1.04. The van der Waals surface area contributed by atoms with Gasteiger partial charge in [-0.1, -0.05) is 5.41 Å². The predicted octanol–water partition coefficient (Wildman–Crippen LogP) is 1.04. The van der Waals surface area contributed by atoms with Crippen molar-refractivity contribution in [2.24, 2.45) is 0 Å². The molecule has 6 heteroatoms. The molecule has 1 aromatic carbocycles. The molecule has 1 rings (SSSR count). The van der Waals surface area contributed by atoms with Crippen molar-refractivity contribution in [3.8, 4) is 5.75 Å². The zero-order valence-electron chi connectivity index (χ0n) is 7.44. The molecule has 3 N–H and O–H groups in total. The maximum atomic E-state index is 10.4. The van der Waals surface area contributed by atoms with Crippen molar-refractivity contribution >= 4 is 11.5 Å². The van der Waals surface area contributed by atoms with Gasteiger partial charge in [-0.2, -0.15) is 0 Å². The molecule has 0 unspecified atom stereocenters. The van der Waals surface area contributed by atoms with Crippen LogP contribution in [0.3, 0.4) is 0 Å². The molecule has 0 spiro atoms. The summed E-state index contributed by atoms with van der Waals surface area (Å²) in [6.07, 6.45) is 0. The summed E-state index contributed by atoms with van der Waals surface area (Å²) in [5.74, 6) is -0.851. The molecule has 14 heavy (non-hydrogen) atoms. The lowest BCUT2D eigenvalue weighted by Crippen LogP contribution is -2.13. The number of nitro groups is 1. The van der Waals surface area contributed by atoms with Gasteiger partial charge in [-0.05, 0) is 23.1 Å². The van der Waals surface area contributed by atoms with Gasteiger partial charge in [0, 0.05) is 12.7 Å². The standard InChI is InChI=1S/C8H9N3O3/c1-10-7-3-2-5(12)4-6(7)8(9)11(13)14/h2-4,9-10,12H,1H3. The first-order valence-corrected chi connectivity index (χ1v) is 3.80. The molecule has 0 aliphatic carbocycles. The number of phenols is 1. The van der Waals surface area contributed by atoms with E-state index in [1.165, 1.54) is 18.2 Å². The van der Waals surface area contributed by atoms with Crippen LogP contribution in [0.5, 0.6) is 5.75 Å². The second kappa shape index (κ2) is 3.73. The number of aromatic hydroxyl groups is 1. The van der Waals surface area contributed by atoms with E-state index in [1.807, 2.05) is 0 Å². The van der Waals surface area contributed by atoms with Crippen molar-refractivity contribution in [3.63, 3.8) is 0 Å². The van der Waals surface area contributed by atoms with Crippen LogP contribution in [0.4, 0.5) is 5.69 Å². The molecule has 0 radical (unpaired) electrons. The van der Waals surface area contributed by atoms with Crippen LogP contribution in [0.1, 0.15) is 5.56 Å². The van der Waals surface area contributed by atoms with Crippen LogP contribution in [0.2, 0.25) is 0 Å². The van der Waals surface area contributed by atoms with Crippen molar-refractivity contribution in [2.75, 3.05) is 12.4 Å². The fourth-order valence-corrected chi connectivity index (χ4v) is 1.04. The van der Waals surface area contributed by atoms with Crippen molar-refractivity contribution in [1.29, 1.82) is 5.41 Å². The van der Waals surface area contributed by atoms with Crippen molar-refractivity contribution < 1.29 is 10.0 Å². The molecule has 0 amide bonds. The van der Waals surface area contributed by atoms with Crippen LogP contribution in [0.25, 0.3) is 0 Å². The first-order chi connectivity index (χ1) is 6.56. The van der Waals surface area contributed by atoms with E-state index in [0.717, 1.165) is 0 Å². The van der Waals surface area contributed by atoms with Gasteiger partial charge in [0.15, 0.2) is 0 Å². The third-order valence-corrected chi connectivity index (χ3v) is 1.71. The molecule has 74 valence electrons. The molecule has 0 aromatic heterocycles. The number of anilines is 1. The average Bonchev–Trinajstić information content (AvgIpc) is 2.16. The molecular formula is C8H9N3O3. The van der Waals surface area contributed by atoms with Crippen LogP contribution in [0, 0.1) is 15.5 Å². The SMILES string of the molecule is CNc1ccc(O)cc1C(=N)[N+](=O)[O-]. The average molecular weight is 195 g/mol. The van der Waals surface area contributed by atoms with Crippen LogP contribution < -0.4 is 5.32 Å². The summed E-state index contributed by atoms with van der Waals surface area (Å²) < 4.78 is 0. The second-order valence-corrected chi connectivity index (χ2v) is 2.59. The number of hydrogen-bond acceptors (Lipinski definition) is 5. The Balaban J connectivity index is 3.23. The van der Waals surface area contributed by atoms with E-state index in [2.05, 4.69) is 5.32 Å². The number of nitrogens with one attached hydrogen (secondary N) is 2. The minimum atomic E-state index is -0.810. The lowest BCUT2D eigenvalue weighted by molar-refractivity contribution is -0.350. The van der Waals surface area contributed by atoms with E-state index in [-0.39, 0.29) is 11.3 Å².